The van der Waals surface area contributed by atoms with E-state index in [-0.39, 0.29) is 12.3 Å². The molecule has 1 radical (unpaired) electrons. The molecule has 0 aliphatic heterocycles. The Balaban J connectivity index is 3.37. The zero-order valence-corrected chi connectivity index (χ0v) is 9.05. The average molecular weight is 250 g/mol. The molecule has 0 aromatic rings. The van der Waals surface area contributed by atoms with E-state index in [1.54, 1.807) is 0 Å². The lowest BCUT2D eigenvalue weighted by molar-refractivity contribution is -0.137. The van der Waals surface area contributed by atoms with Crippen LogP contribution in [0.4, 0.5) is 0 Å². The first-order chi connectivity index (χ1) is 6.20. The maximum absolute atomic E-state index is 10.4. The fraction of sp³-hybridized carbons (Fsp3) is 0.778. The molecule has 3 nitrogen and oxygen atoms in total. The highest BCUT2D eigenvalue weighted by molar-refractivity contribution is 9.09. The normalized spacial score (nSPS) is 12.4. The lowest BCUT2D eigenvalue weighted by atomic mass is 10.0. The van der Waals surface area contributed by atoms with Crippen LogP contribution in [-0.4, -0.2) is 22.7 Å². The Morgan fingerprint density at radius 3 is 2.54 bits per heavy atom. The lowest BCUT2D eigenvalue weighted by Gasteiger charge is -2.05. The molecule has 0 heterocycles. The van der Waals surface area contributed by atoms with E-state index in [1.807, 2.05) is 6.29 Å². The Morgan fingerprint density at radius 1 is 1.38 bits per heavy atom. The Morgan fingerprint density at radius 2 is 2.08 bits per heavy atom. The second-order valence-corrected chi connectivity index (χ2v) is 3.72. The van der Waals surface area contributed by atoms with E-state index in [4.69, 9.17) is 5.11 Å². The molecule has 1 atom stereocenters. The van der Waals surface area contributed by atoms with Gasteiger partial charge in [-0.2, -0.15) is 0 Å². The minimum absolute atomic E-state index is 0.0341. The largest absolute Gasteiger partial charge is 0.481 e. The summed E-state index contributed by atoms with van der Waals surface area (Å²) in [6.07, 6.45) is 5.14. The molecule has 0 amide bonds. The van der Waals surface area contributed by atoms with Crippen LogP contribution in [0.2, 0.25) is 0 Å². The van der Waals surface area contributed by atoms with E-state index < -0.39 is 5.97 Å². The smallest absolute Gasteiger partial charge is 0.303 e. The van der Waals surface area contributed by atoms with Crippen LogP contribution in [-0.2, 0) is 9.59 Å². The third kappa shape index (κ3) is 7.96. The fourth-order valence-corrected chi connectivity index (χ4v) is 1.61. The standard InChI is InChI=1S/C9H14BrO3/c10-6-5-8(7-11)3-1-2-4-9(12)13/h8H,1-6H2,(H,12,13). The molecule has 0 aliphatic rings. The number of carbonyl (C=O) groups is 1. The van der Waals surface area contributed by atoms with Crippen LogP contribution in [0.1, 0.15) is 32.1 Å². The number of aliphatic carboxylic acids is 1. The zero-order chi connectivity index (χ0) is 10.1. The van der Waals surface area contributed by atoms with E-state index in [0.29, 0.717) is 6.42 Å². The predicted molar refractivity (Wildman–Crippen MR) is 53.7 cm³/mol. The molecule has 0 rings (SSSR count). The number of carboxylic acid groups (broad SMARTS) is 1. The molecular weight excluding hydrogens is 236 g/mol. The van der Waals surface area contributed by atoms with Crippen LogP contribution in [0.25, 0.3) is 0 Å². The van der Waals surface area contributed by atoms with Gasteiger partial charge in [-0.15, -0.1) is 0 Å². The number of alkyl halides is 1. The maximum Gasteiger partial charge on any atom is 0.303 e. The molecule has 0 spiro atoms. The van der Waals surface area contributed by atoms with Crippen molar-refractivity contribution in [1.29, 1.82) is 0 Å². The summed E-state index contributed by atoms with van der Waals surface area (Å²) in [6, 6.07) is 0. The highest BCUT2D eigenvalue weighted by atomic mass is 79.9. The zero-order valence-electron chi connectivity index (χ0n) is 7.46. The summed E-state index contributed by atoms with van der Waals surface area (Å²) in [4.78, 5) is 20.5. The minimum Gasteiger partial charge on any atom is -0.481 e. The summed E-state index contributed by atoms with van der Waals surface area (Å²) in [7, 11) is 0. The molecule has 0 saturated heterocycles. The van der Waals surface area contributed by atoms with Gasteiger partial charge in [-0.05, 0) is 19.3 Å². The summed E-state index contributed by atoms with van der Waals surface area (Å²) in [5.74, 6) is -0.805. The van der Waals surface area contributed by atoms with Crippen LogP contribution in [0, 0.1) is 5.92 Å². The summed E-state index contributed by atoms with van der Waals surface area (Å²) < 4.78 is 0. The molecular formula is C9H14BrO3. The Kier molecular flexibility index (Phi) is 7.99. The van der Waals surface area contributed by atoms with Crippen molar-refractivity contribution in [3.05, 3.63) is 0 Å². The van der Waals surface area contributed by atoms with Gasteiger partial charge in [0.2, 0.25) is 6.29 Å². The van der Waals surface area contributed by atoms with Crippen LogP contribution in [0.5, 0.6) is 0 Å². The second-order valence-electron chi connectivity index (χ2n) is 2.93. The predicted octanol–water partition coefficient (Wildman–Crippen LogP) is 2.14. The molecule has 13 heavy (non-hydrogen) atoms. The van der Waals surface area contributed by atoms with Gasteiger partial charge in [0.1, 0.15) is 0 Å². The number of hydrogen-bond acceptors (Lipinski definition) is 2. The number of halogens is 1. The monoisotopic (exact) mass is 249 g/mol. The molecule has 0 aliphatic carbocycles. The molecule has 0 fully saturated rings. The summed E-state index contributed by atoms with van der Waals surface area (Å²) >= 11 is 3.25. The highest BCUT2D eigenvalue weighted by Crippen LogP contribution is 2.12. The fourth-order valence-electron chi connectivity index (χ4n) is 1.06. The Hall–Kier alpha value is -0.380. The molecule has 0 aromatic heterocycles. The van der Waals surface area contributed by atoms with Crippen LogP contribution in [0.15, 0.2) is 0 Å². The van der Waals surface area contributed by atoms with Crippen molar-refractivity contribution in [3.63, 3.8) is 0 Å². The van der Waals surface area contributed by atoms with Crippen molar-refractivity contribution >= 4 is 28.2 Å². The first-order valence-corrected chi connectivity index (χ1v) is 5.48. The number of carboxylic acids is 1. The Labute approximate surface area is 86.6 Å². The summed E-state index contributed by atoms with van der Waals surface area (Å²) in [5, 5.41) is 9.15. The Bertz CT molecular complexity index is 159. The molecule has 0 saturated carbocycles. The van der Waals surface area contributed by atoms with Crippen molar-refractivity contribution < 1.29 is 14.7 Å². The van der Waals surface area contributed by atoms with Crippen molar-refractivity contribution in [3.8, 4) is 0 Å². The number of rotatable bonds is 8. The third-order valence-corrected chi connectivity index (χ3v) is 2.28. The van der Waals surface area contributed by atoms with E-state index in [1.165, 1.54) is 0 Å². The summed E-state index contributed by atoms with van der Waals surface area (Å²) in [6.45, 7) is 0. The third-order valence-electron chi connectivity index (χ3n) is 1.82. The van der Waals surface area contributed by atoms with Gasteiger partial charge in [-0.1, -0.05) is 22.4 Å². The van der Waals surface area contributed by atoms with Crippen molar-refractivity contribution in [2.75, 3.05) is 5.33 Å². The van der Waals surface area contributed by atoms with E-state index in [0.717, 1.165) is 24.6 Å². The van der Waals surface area contributed by atoms with Gasteiger partial charge in [0, 0.05) is 17.7 Å². The quantitative estimate of drug-likeness (QED) is 0.530. The first-order valence-electron chi connectivity index (χ1n) is 4.36. The SMILES string of the molecule is O=[C]C(CCBr)CCCCC(=O)O. The van der Waals surface area contributed by atoms with E-state index in [9.17, 15) is 9.59 Å². The van der Waals surface area contributed by atoms with Gasteiger partial charge >= 0.3 is 5.97 Å². The molecule has 75 valence electrons. The lowest BCUT2D eigenvalue weighted by Crippen LogP contribution is -2.03. The molecule has 0 bridgehead atoms. The molecule has 0 aromatic carbocycles. The van der Waals surface area contributed by atoms with E-state index >= 15 is 0 Å². The average Bonchev–Trinajstić information content (AvgIpc) is 2.10. The van der Waals surface area contributed by atoms with Gasteiger partial charge in [0.15, 0.2) is 0 Å². The van der Waals surface area contributed by atoms with Gasteiger partial charge in [0.25, 0.3) is 0 Å². The van der Waals surface area contributed by atoms with Crippen LogP contribution >= 0.6 is 15.9 Å². The van der Waals surface area contributed by atoms with Crippen LogP contribution in [0.3, 0.4) is 0 Å². The van der Waals surface area contributed by atoms with Gasteiger partial charge in [0.05, 0.1) is 0 Å². The summed E-state index contributed by atoms with van der Waals surface area (Å²) in [5.41, 5.74) is 0. The van der Waals surface area contributed by atoms with Gasteiger partial charge < -0.3 is 5.11 Å². The van der Waals surface area contributed by atoms with E-state index in [2.05, 4.69) is 15.9 Å². The minimum atomic E-state index is -0.771. The maximum atomic E-state index is 10.4. The van der Waals surface area contributed by atoms with Gasteiger partial charge in [-0.3, -0.25) is 9.59 Å². The topological polar surface area (TPSA) is 54.4 Å². The van der Waals surface area contributed by atoms with Crippen LogP contribution < -0.4 is 0 Å². The number of hydrogen-bond donors (Lipinski definition) is 1. The number of carbonyl (C=O) groups excluding carboxylic acids is 1. The van der Waals surface area contributed by atoms with Gasteiger partial charge in [-0.25, -0.2) is 0 Å². The molecule has 1 N–H and O–H groups in total. The van der Waals surface area contributed by atoms with Crippen molar-refractivity contribution in [2.45, 2.75) is 32.1 Å². The molecule has 1 unspecified atom stereocenters. The highest BCUT2D eigenvalue weighted by Gasteiger charge is 2.07. The first kappa shape index (κ1) is 12.6. The number of unbranched alkanes of at least 4 members (excludes halogenated alkanes) is 1. The second kappa shape index (κ2) is 8.23. The molecule has 4 heteroatoms. The van der Waals surface area contributed by atoms with Crippen molar-refractivity contribution in [1.82, 2.24) is 0 Å². The van der Waals surface area contributed by atoms with Crippen molar-refractivity contribution in [2.24, 2.45) is 5.92 Å².